The third-order valence-electron chi connectivity index (χ3n) is 5.34. The molecule has 0 bridgehead atoms. The lowest BCUT2D eigenvalue weighted by molar-refractivity contribution is -0.136. The second-order valence-electron chi connectivity index (χ2n) is 7.60. The number of halogens is 1. The summed E-state index contributed by atoms with van der Waals surface area (Å²) in [6.45, 7) is 2.27. The summed E-state index contributed by atoms with van der Waals surface area (Å²) in [5, 5.41) is 9.92. The van der Waals surface area contributed by atoms with Crippen LogP contribution in [0, 0.1) is 12.7 Å². The summed E-state index contributed by atoms with van der Waals surface area (Å²) in [6.07, 6.45) is 0.549. The average molecular weight is 431 g/mol. The molecular weight excluding hydrogens is 409 g/mol. The Morgan fingerprint density at radius 1 is 1.00 bits per heavy atom. The van der Waals surface area contributed by atoms with E-state index in [1.54, 1.807) is 53.1 Å². The van der Waals surface area contributed by atoms with Crippen molar-refractivity contribution >= 4 is 22.8 Å². The van der Waals surface area contributed by atoms with E-state index in [0.29, 0.717) is 35.4 Å². The Balaban J connectivity index is 1.49. The third-order valence-corrected chi connectivity index (χ3v) is 5.34. The van der Waals surface area contributed by atoms with Crippen LogP contribution in [0.2, 0.25) is 0 Å². The monoisotopic (exact) mass is 431 g/mol. The largest absolute Gasteiger partial charge is 0.493 e. The molecule has 0 aliphatic heterocycles. The van der Waals surface area contributed by atoms with E-state index < -0.39 is 5.97 Å². The molecule has 0 aliphatic rings. The number of carboxylic acids is 1. The Morgan fingerprint density at radius 2 is 1.72 bits per heavy atom. The molecular formula is C26H22FNO4. The number of aliphatic carboxylic acids is 1. The molecule has 0 spiro atoms. The molecule has 32 heavy (non-hydrogen) atoms. The summed E-state index contributed by atoms with van der Waals surface area (Å²) in [6, 6.07) is 20.4. The quantitative estimate of drug-likeness (QED) is 0.446. The first-order valence-corrected chi connectivity index (χ1v) is 10.3. The van der Waals surface area contributed by atoms with Gasteiger partial charge in [-0.25, -0.2) is 4.39 Å². The van der Waals surface area contributed by atoms with Gasteiger partial charge in [-0.05, 0) is 66.6 Å². The topological polar surface area (TPSA) is 68.5 Å². The Labute approximate surface area is 184 Å². The van der Waals surface area contributed by atoms with Gasteiger partial charge in [-0.1, -0.05) is 24.3 Å². The summed E-state index contributed by atoms with van der Waals surface area (Å²) in [7, 11) is 0. The smallest absolute Gasteiger partial charge is 0.307 e. The number of aryl methyl sites for hydroxylation is 1. The number of carbonyl (C=O) groups is 2. The van der Waals surface area contributed by atoms with E-state index in [2.05, 4.69) is 0 Å². The van der Waals surface area contributed by atoms with Gasteiger partial charge >= 0.3 is 5.97 Å². The predicted octanol–water partition coefficient (Wildman–Crippen LogP) is 5.03. The van der Waals surface area contributed by atoms with Crippen LogP contribution in [0.15, 0.2) is 72.8 Å². The molecule has 0 fully saturated rings. The number of hydrogen-bond donors (Lipinski definition) is 1. The Bertz CT molecular complexity index is 1270. The number of rotatable bonds is 7. The first-order valence-electron chi connectivity index (χ1n) is 10.3. The number of hydrogen-bond acceptors (Lipinski definition) is 3. The van der Waals surface area contributed by atoms with Gasteiger partial charge in [0.15, 0.2) is 0 Å². The molecule has 3 aromatic carbocycles. The number of aromatic nitrogens is 1. The van der Waals surface area contributed by atoms with Gasteiger partial charge in [0, 0.05) is 23.1 Å². The molecule has 6 heteroatoms. The lowest BCUT2D eigenvalue weighted by atomic mass is 10.1. The van der Waals surface area contributed by atoms with Crippen molar-refractivity contribution < 1.29 is 23.8 Å². The fraction of sp³-hybridized carbons (Fsp3) is 0.154. The van der Waals surface area contributed by atoms with E-state index in [-0.39, 0.29) is 18.1 Å². The van der Waals surface area contributed by atoms with Crippen LogP contribution in [0.3, 0.4) is 0 Å². The highest BCUT2D eigenvalue weighted by atomic mass is 19.1. The van der Waals surface area contributed by atoms with E-state index in [9.17, 15) is 14.0 Å². The zero-order valence-corrected chi connectivity index (χ0v) is 17.5. The molecule has 0 aliphatic carbocycles. The van der Waals surface area contributed by atoms with Gasteiger partial charge in [0.05, 0.1) is 18.5 Å². The van der Waals surface area contributed by atoms with Crippen molar-refractivity contribution in [2.45, 2.75) is 19.8 Å². The van der Waals surface area contributed by atoms with Crippen molar-refractivity contribution in [3.63, 3.8) is 0 Å². The maximum absolute atomic E-state index is 13.2. The van der Waals surface area contributed by atoms with Crippen LogP contribution < -0.4 is 4.74 Å². The minimum absolute atomic E-state index is 0.0983. The Kier molecular flexibility index (Phi) is 6.03. The molecule has 0 radical (unpaired) electrons. The Morgan fingerprint density at radius 3 is 2.41 bits per heavy atom. The molecule has 5 nitrogen and oxygen atoms in total. The van der Waals surface area contributed by atoms with Crippen LogP contribution in [-0.4, -0.2) is 28.2 Å². The molecule has 1 aromatic heterocycles. The number of nitrogens with zero attached hydrogens (tertiary/aromatic N) is 1. The SMILES string of the molecule is Cc1cc2c(CC(=O)O)cccc2n1C(=O)c1ccc(OCCc2ccc(F)cc2)cc1. The van der Waals surface area contributed by atoms with Crippen molar-refractivity contribution in [2.75, 3.05) is 6.61 Å². The average Bonchev–Trinajstić information content (AvgIpc) is 3.11. The summed E-state index contributed by atoms with van der Waals surface area (Å²) in [4.78, 5) is 24.3. The van der Waals surface area contributed by atoms with Crippen LogP contribution in [0.4, 0.5) is 4.39 Å². The maximum atomic E-state index is 13.2. The van der Waals surface area contributed by atoms with Gasteiger partial charge in [0.25, 0.3) is 5.91 Å². The van der Waals surface area contributed by atoms with E-state index in [0.717, 1.165) is 16.6 Å². The van der Waals surface area contributed by atoms with E-state index >= 15 is 0 Å². The molecule has 1 heterocycles. The van der Waals surface area contributed by atoms with Crippen LogP contribution in [-0.2, 0) is 17.6 Å². The van der Waals surface area contributed by atoms with Crippen molar-refractivity contribution in [1.29, 1.82) is 0 Å². The summed E-state index contributed by atoms with van der Waals surface area (Å²) >= 11 is 0. The van der Waals surface area contributed by atoms with Gasteiger partial charge in [-0.15, -0.1) is 0 Å². The van der Waals surface area contributed by atoms with Crippen LogP contribution in [0.1, 0.15) is 27.2 Å². The van der Waals surface area contributed by atoms with Gasteiger partial charge in [-0.3, -0.25) is 14.2 Å². The Hall–Kier alpha value is -3.93. The highest BCUT2D eigenvalue weighted by molar-refractivity contribution is 6.04. The second-order valence-corrected chi connectivity index (χ2v) is 7.60. The van der Waals surface area contributed by atoms with Crippen LogP contribution in [0.25, 0.3) is 10.9 Å². The molecule has 0 amide bonds. The van der Waals surface area contributed by atoms with Crippen LogP contribution >= 0.6 is 0 Å². The summed E-state index contributed by atoms with van der Waals surface area (Å²) in [5.41, 5.74) is 3.58. The highest BCUT2D eigenvalue weighted by Crippen LogP contribution is 2.25. The number of ether oxygens (including phenoxy) is 1. The molecule has 0 saturated heterocycles. The molecule has 4 rings (SSSR count). The minimum Gasteiger partial charge on any atom is -0.493 e. The highest BCUT2D eigenvalue weighted by Gasteiger charge is 2.17. The second kappa shape index (κ2) is 9.06. The van der Waals surface area contributed by atoms with Crippen molar-refractivity contribution in [3.05, 3.63) is 101 Å². The van der Waals surface area contributed by atoms with Crippen molar-refractivity contribution in [2.24, 2.45) is 0 Å². The zero-order chi connectivity index (χ0) is 22.7. The summed E-state index contributed by atoms with van der Waals surface area (Å²) in [5.74, 6) is -0.729. The van der Waals surface area contributed by atoms with E-state index in [4.69, 9.17) is 9.84 Å². The molecule has 0 atom stereocenters. The van der Waals surface area contributed by atoms with Gasteiger partial charge in [0.1, 0.15) is 11.6 Å². The molecule has 1 N–H and O–H groups in total. The lowest BCUT2D eigenvalue weighted by Gasteiger charge is -2.10. The van der Waals surface area contributed by atoms with Gasteiger partial charge in [-0.2, -0.15) is 0 Å². The van der Waals surface area contributed by atoms with Crippen LogP contribution in [0.5, 0.6) is 5.75 Å². The van der Waals surface area contributed by atoms with Gasteiger partial charge in [0.2, 0.25) is 0 Å². The number of benzene rings is 3. The molecule has 0 saturated carbocycles. The molecule has 0 unspecified atom stereocenters. The maximum Gasteiger partial charge on any atom is 0.307 e. The first-order chi connectivity index (χ1) is 15.4. The normalized spacial score (nSPS) is 10.9. The van der Waals surface area contributed by atoms with Crippen molar-refractivity contribution in [1.82, 2.24) is 4.57 Å². The first kappa shape index (κ1) is 21.3. The molecule has 4 aromatic rings. The number of fused-ring (bicyclic) bond motifs is 1. The fourth-order valence-corrected chi connectivity index (χ4v) is 3.77. The number of carbonyl (C=O) groups excluding carboxylic acids is 1. The fourth-order valence-electron chi connectivity index (χ4n) is 3.77. The number of carboxylic acid groups (broad SMARTS) is 1. The predicted molar refractivity (Wildman–Crippen MR) is 120 cm³/mol. The van der Waals surface area contributed by atoms with E-state index in [1.165, 1.54) is 12.1 Å². The molecule has 162 valence electrons. The lowest BCUT2D eigenvalue weighted by Crippen LogP contribution is -2.13. The summed E-state index contributed by atoms with van der Waals surface area (Å²) < 4.78 is 20.3. The third kappa shape index (κ3) is 4.54. The van der Waals surface area contributed by atoms with E-state index in [1.807, 2.05) is 19.1 Å². The van der Waals surface area contributed by atoms with Crippen molar-refractivity contribution in [3.8, 4) is 5.75 Å². The zero-order valence-electron chi connectivity index (χ0n) is 17.5. The standard InChI is InChI=1S/C26H22FNO4/c1-17-15-23-20(16-25(29)30)3-2-4-24(23)28(17)26(31)19-7-11-22(12-8-19)32-14-13-18-5-9-21(27)10-6-18/h2-12,15H,13-14,16H2,1H3,(H,29,30). The van der Waals surface area contributed by atoms with Gasteiger partial charge < -0.3 is 9.84 Å². The minimum atomic E-state index is -0.913.